The summed E-state index contributed by atoms with van der Waals surface area (Å²) in [6, 6.07) is 15.9. The van der Waals surface area contributed by atoms with Crippen LogP contribution in [0.25, 0.3) is 11.1 Å². The van der Waals surface area contributed by atoms with E-state index in [1.165, 1.54) is 27.8 Å². The van der Waals surface area contributed by atoms with Crippen LogP contribution in [-0.4, -0.2) is 6.04 Å². The second-order valence-electron chi connectivity index (χ2n) is 5.58. The first-order valence-corrected chi connectivity index (χ1v) is 7.60. The van der Waals surface area contributed by atoms with Crippen molar-refractivity contribution in [1.82, 2.24) is 0 Å². The molecule has 0 saturated heterocycles. The Morgan fingerprint density at radius 2 is 1.55 bits per heavy atom. The highest BCUT2D eigenvalue weighted by Crippen LogP contribution is 2.26. The van der Waals surface area contributed by atoms with Crippen LogP contribution in [0.15, 0.2) is 42.5 Å². The highest BCUT2D eigenvalue weighted by Gasteiger charge is 2.06. The lowest BCUT2D eigenvalue weighted by Crippen LogP contribution is -2.17. The fraction of sp³-hybridized carbons (Fsp3) is 0.368. The van der Waals surface area contributed by atoms with Gasteiger partial charge >= 0.3 is 0 Å². The summed E-state index contributed by atoms with van der Waals surface area (Å²) < 4.78 is 0. The van der Waals surface area contributed by atoms with Crippen LogP contribution < -0.4 is 5.73 Å². The maximum absolute atomic E-state index is 5.86. The zero-order chi connectivity index (χ0) is 14.5. The Morgan fingerprint density at radius 3 is 2.10 bits per heavy atom. The Morgan fingerprint density at radius 1 is 0.900 bits per heavy atom. The number of hydrogen-bond donors (Lipinski definition) is 1. The molecule has 106 valence electrons. The lowest BCUT2D eigenvalue weighted by atomic mass is 9.94. The molecule has 1 heteroatoms. The first kappa shape index (κ1) is 14.8. The van der Waals surface area contributed by atoms with Crippen LogP contribution in [0.4, 0.5) is 0 Å². The third-order valence-corrected chi connectivity index (χ3v) is 3.79. The summed E-state index contributed by atoms with van der Waals surface area (Å²) in [5.41, 5.74) is 12.7. The van der Waals surface area contributed by atoms with Crippen molar-refractivity contribution in [2.75, 3.05) is 0 Å². The molecule has 1 unspecified atom stereocenters. The third-order valence-electron chi connectivity index (χ3n) is 3.79. The van der Waals surface area contributed by atoms with Crippen LogP contribution in [0.1, 0.15) is 37.5 Å². The Bertz CT molecular complexity index is 552. The summed E-state index contributed by atoms with van der Waals surface area (Å²) in [6.07, 6.45) is 3.09. The quantitative estimate of drug-likeness (QED) is 0.855. The van der Waals surface area contributed by atoms with Gasteiger partial charge in [0.15, 0.2) is 0 Å². The van der Waals surface area contributed by atoms with E-state index in [0.717, 1.165) is 19.3 Å². The molecule has 0 aliphatic carbocycles. The number of rotatable bonds is 5. The van der Waals surface area contributed by atoms with Crippen molar-refractivity contribution in [2.45, 2.75) is 46.1 Å². The molecule has 2 rings (SSSR count). The molecule has 0 aromatic heterocycles. The summed E-state index contributed by atoms with van der Waals surface area (Å²) in [6.45, 7) is 6.47. The van der Waals surface area contributed by atoms with E-state index in [1.54, 1.807) is 0 Å². The molecule has 0 aliphatic heterocycles. The van der Waals surface area contributed by atoms with Crippen LogP contribution in [0.5, 0.6) is 0 Å². The molecule has 0 heterocycles. The van der Waals surface area contributed by atoms with Crippen molar-refractivity contribution in [3.63, 3.8) is 0 Å². The minimum atomic E-state index is 0.218. The van der Waals surface area contributed by atoms with Gasteiger partial charge in [0, 0.05) is 6.04 Å². The first-order valence-electron chi connectivity index (χ1n) is 7.60. The van der Waals surface area contributed by atoms with Crippen LogP contribution in [-0.2, 0) is 19.3 Å². The van der Waals surface area contributed by atoms with Gasteiger partial charge < -0.3 is 5.73 Å². The summed E-state index contributed by atoms with van der Waals surface area (Å²) >= 11 is 0. The van der Waals surface area contributed by atoms with Gasteiger partial charge in [-0.15, -0.1) is 0 Å². The average Bonchev–Trinajstić information content (AvgIpc) is 2.46. The van der Waals surface area contributed by atoms with E-state index in [4.69, 9.17) is 5.73 Å². The molecule has 2 aromatic rings. The van der Waals surface area contributed by atoms with Gasteiger partial charge in [-0.3, -0.25) is 0 Å². The molecule has 20 heavy (non-hydrogen) atoms. The lowest BCUT2D eigenvalue weighted by molar-refractivity contribution is 0.738. The van der Waals surface area contributed by atoms with E-state index in [1.807, 2.05) is 6.92 Å². The smallest absolute Gasteiger partial charge is 0.00509 e. The molecular formula is C19H25N. The van der Waals surface area contributed by atoms with E-state index >= 15 is 0 Å². The maximum atomic E-state index is 5.86. The van der Waals surface area contributed by atoms with E-state index in [2.05, 4.69) is 56.3 Å². The molecule has 2 N–H and O–H groups in total. The maximum Gasteiger partial charge on any atom is 0.00509 e. The summed E-state index contributed by atoms with van der Waals surface area (Å²) in [4.78, 5) is 0. The second-order valence-corrected chi connectivity index (χ2v) is 5.58. The van der Waals surface area contributed by atoms with Crippen LogP contribution in [0.2, 0.25) is 0 Å². The summed E-state index contributed by atoms with van der Waals surface area (Å²) in [5.74, 6) is 0. The minimum absolute atomic E-state index is 0.218. The van der Waals surface area contributed by atoms with Gasteiger partial charge in [-0.25, -0.2) is 0 Å². The Labute approximate surface area is 122 Å². The highest BCUT2D eigenvalue weighted by atomic mass is 14.6. The molecule has 0 fully saturated rings. The SMILES string of the molecule is CCc1ccc(CC)c(-c2ccc(CC(C)N)cc2)c1. The normalized spacial score (nSPS) is 12.4. The van der Waals surface area contributed by atoms with Crippen LogP contribution in [0.3, 0.4) is 0 Å². The van der Waals surface area contributed by atoms with Crippen LogP contribution >= 0.6 is 0 Å². The molecular weight excluding hydrogens is 242 g/mol. The predicted octanol–water partition coefficient (Wildman–Crippen LogP) is 4.37. The number of benzene rings is 2. The van der Waals surface area contributed by atoms with Crippen LogP contribution in [0, 0.1) is 0 Å². The molecule has 0 bridgehead atoms. The van der Waals surface area contributed by atoms with Crippen molar-refractivity contribution < 1.29 is 0 Å². The lowest BCUT2D eigenvalue weighted by Gasteiger charge is -2.12. The third kappa shape index (κ3) is 3.49. The van der Waals surface area contributed by atoms with Gasteiger partial charge in [0.25, 0.3) is 0 Å². The molecule has 1 atom stereocenters. The Balaban J connectivity index is 2.35. The van der Waals surface area contributed by atoms with E-state index in [-0.39, 0.29) is 6.04 Å². The average molecular weight is 267 g/mol. The number of hydrogen-bond acceptors (Lipinski definition) is 1. The standard InChI is InChI=1S/C19H25N/c1-4-15-6-9-17(5-2)19(13-15)18-10-7-16(8-11-18)12-14(3)20/h6-11,13-14H,4-5,12,20H2,1-3H3. The van der Waals surface area contributed by atoms with E-state index < -0.39 is 0 Å². The summed E-state index contributed by atoms with van der Waals surface area (Å²) in [7, 11) is 0. The van der Waals surface area contributed by atoms with Crippen molar-refractivity contribution >= 4 is 0 Å². The largest absolute Gasteiger partial charge is 0.328 e. The Hall–Kier alpha value is -1.60. The second kappa shape index (κ2) is 6.71. The highest BCUT2D eigenvalue weighted by molar-refractivity contribution is 5.68. The summed E-state index contributed by atoms with van der Waals surface area (Å²) in [5, 5.41) is 0. The van der Waals surface area contributed by atoms with Crippen molar-refractivity contribution in [3.05, 3.63) is 59.2 Å². The van der Waals surface area contributed by atoms with Gasteiger partial charge in [-0.1, -0.05) is 56.3 Å². The van der Waals surface area contributed by atoms with Gasteiger partial charge in [-0.05, 0) is 54.0 Å². The minimum Gasteiger partial charge on any atom is -0.328 e. The monoisotopic (exact) mass is 267 g/mol. The van der Waals surface area contributed by atoms with E-state index in [0.29, 0.717) is 0 Å². The molecule has 0 saturated carbocycles. The molecule has 0 amide bonds. The Kier molecular flexibility index (Phi) is 4.97. The fourth-order valence-electron chi connectivity index (χ4n) is 2.61. The number of aryl methyl sites for hydroxylation is 2. The van der Waals surface area contributed by atoms with Crippen molar-refractivity contribution in [3.8, 4) is 11.1 Å². The van der Waals surface area contributed by atoms with Gasteiger partial charge in [0.2, 0.25) is 0 Å². The molecule has 1 nitrogen and oxygen atoms in total. The predicted molar refractivity (Wildman–Crippen MR) is 88.0 cm³/mol. The number of nitrogens with two attached hydrogens (primary N) is 1. The fourth-order valence-corrected chi connectivity index (χ4v) is 2.61. The first-order chi connectivity index (χ1) is 9.63. The van der Waals surface area contributed by atoms with Crippen molar-refractivity contribution in [2.24, 2.45) is 5.73 Å². The van der Waals surface area contributed by atoms with Gasteiger partial charge in [-0.2, -0.15) is 0 Å². The molecule has 2 aromatic carbocycles. The van der Waals surface area contributed by atoms with E-state index in [9.17, 15) is 0 Å². The zero-order valence-electron chi connectivity index (χ0n) is 12.8. The van der Waals surface area contributed by atoms with Gasteiger partial charge in [0.05, 0.1) is 0 Å². The zero-order valence-corrected chi connectivity index (χ0v) is 12.8. The van der Waals surface area contributed by atoms with Crippen molar-refractivity contribution in [1.29, 1.82) is 0 Å². The molecule has 0 aliphatic rings. The molecule has 0 radical (unpaired) electrons. The topological polar surface area (TPSA) is 26.0 Å². The van der Waals surface area contributed by atoms with Gasteiger partial charge in [0.1, 0.15) is 0 Å². The molecule has 0 spiro atoms.